The number of nitrogens with zero attached hydrogens (tertiary/aromatic N) is 3. The van der Waals surface area contributed by atoms with Crippen molar-refractivity contribution in [3.8, 4) is 11.6 Å². The minimum absolute atomic E-state index is 0.0206. The SMILES string of the molecule is Cc1c(O)n(-c2ccc(SC(F)(F)F)cc2)c(=O)n1Cc1ccnc2cccc(F)c12. The Labute approximate surface area is 177 Å². The lowest BCUT2D eigenvalue weighted by Crippen LogP contribution is -2.24. The number of aromatic nitrogens is 3. The minimum Gasteiger partial charge on any atom is -0.493 e. The van der Waals surface area contributed by atoms with Crippen molar-refractivity contribution in [3.05, 3.63) is 82.3 Å². The Hall–Kier alpha value is -3.27. The number of rotatable bonds is 4. The number of hydrogen-bond donors (Lipinski definition) is 1. The molecule has 4 aromatic rings. The molecule has 0 aliphatic rings. The van der Waals surface area contributed by atoms with Crippen LogP contribution < -0.4 is 5.69 Å². The average Bonchev–Trinajstić information content (AvgIpc) is 2.91. The van der Waals surface area contributed by atoms with Crippen molar-refractivity contribution < 1.29 is 22.7 Å². The number of fused-ring (bicyclic) bond motifs is 1. The summed E-state index contributed by atoms with van der Waals surface area (Å²) < 4.78 is 54.2. The molecule has 0 aliphatic carbocycles. The first-order valence-corrected chi connectivity index (χ1v) is 9.87. The van der Waals surface area contributed by atoms with Crippen molar-refractivity contribution in [1.29, 1.82) is 0 Å². The molecule has 1 N–H and O–H groups in total. The van der Waals surface area contributed by atoms with E-state index in [9.17, 15) is 27.5 Å². The van der Waals surface area contributed by atoms with Gasteiger partial charge < -0.3 is 5.11 Å². The van der Waals surface area contributed by atoms with E-state index in [0.29, 0.717) is 11.1 Å². The van der Waals surface area contributed by atoms with Gasteiger partial charge in [0, 0.05) is 16.5 Å². The van der Waals surface area contributed by atoms with E-state index in [1.54, 1.807) is 12.1 Å². The summed E-state index contributed by atoms with van der Waals surface area (Å²) in [4.78, 5) is 17.1. The Morgan fingerprint density at radius 1 is 1.10 bits per heavy atom. The van der Waals surface area contributed by atoms with Gasteiger partial charge in [-0.05, 0) is 66.7 Å². The minimum atomic E-state index is -4.43. The van der Waals surface area contributed by atoms with E-state index in [-0.39, 0.29) is 45.8 Å². The maximum Gasteiger partial charge on any atom is 0.446 e. The fourth-order valence-electron chi connectivity index (χ4n) is 3.38. The van der Waals surface area contributed by atoms with E-state index in [1.807, 2.05) is 0 Å². The first kappa shape index (κ1) is 21.0. The Morgan fingerprint density at radius 2 is 1.81 bits per heavy atom. The molecule has 0 spiro atoms. The van der Waals surface area contributed by atoms with Crippen LogP contribution >= 0.6 is 11.8 Å². The molecular formula is C21H15F4N3O2S. The number of halogens is 4. The van der Waals surface area contributed by atoms with Gasteiger partial charge in [0.2, 0.25) is 5.88 Å². The van der Waals surface area contributed by atoms with Crippen molar-refractivity contribution in [2.75, 3.05) is 0 Å². The first-order chi connectivity index (χ1) is 14.7. The van der Waals surface area contributed by atoms with Crippen LogP contribution in [0, 0.1) is 12.7 Å². The monoisotopic (exact) mass is 449 g/mol. The molecule has 0 fully saturated rings. The molecule has 31 heavy (non-hydrogen) atoms. The zero-order valence-corrected chi connectivity index (χ0v) is 16.8. The normalized spacial score (nSPS) is 11.9. The average molecular weight is 449 g/mol. The molecule has 10 heteroatoms. The van der Waals surface area contributed by atoms with Crippen LogP contribution in [-0.4, -0.2) is 24.7 Å². The van der Waals surface area contributed by atoms with Crippen LogP contribution in [0.4, 0.5) is 17.6 Å². The molecule has 0 atom stereocenters. The van der Waals surface area contributed by atoms with Gasteiger partial charge in [-0.2, -0.15) is 13.2 Å². The molecular weight excluding hydrogens is 434 g/mol. The molecule has 0 saturated carbocycles. The van der Waals surface area contributed by atoms with Crippen molar-refractivity contribution in [1.82, 2.24) is 14.1 Å². The lowest BCUT2D eigenvalue weighted by molar-refractivity contribution is -0.0328. The third-order valence-corrected chi connectivity index (χ3v) is 5.56. The molecule has 0 bridgehead atoms. The van der Waals surface area contributed by atoms with Gasteiger partial charge >= 0.3 is 11.2 Å². The van der Waals surface area contributed by atoms with E-state index in [0.717, 1.165) is 4.57 Å². The quantitative estimate of drug-likeness (QED) is 0.352. The summed E-state index contributed by atoms with van der Waals surface area (Å²) in [7, 11) is 0. The van der Waals surface area contributed by atoms with Crippen LogP contribution in [0.15, 0.2) is 64.4 Å². The molecule has 0 amide bonds. The highest BCUT2D eigenvalue weighted by atomic mass is 32.2. The molecule has 2 aromatic heterocycles. The second kappa shape index (κ2) is 7.77. The molecule has 0 aliphatic heterocycles. The van der Waals surface area contributed by atoms with Crippen LogP contribution in [-0.2, 0) is 6.54 Å². The summed E-state index contributed by atoms with van der Waals surface area (Å²) in [5, 5.41) is 10.8. The summed E-state index contributed by atoms with van der Waals surface area (Å²) in [5.74, 6) is -0.826. The molecule has 0 unspecified atom stereocenters. The lowest BCUT2D eigenvalue weighted by atomic mass is 10.1. The zero-order valence-electron chi connectivity index (χ0n) is 16.0. The maximum absolute atomic E-state index is 14.4. The topological polar surface area (TPSA) is 60.1 Å². The van der Waals surface area contributed by atoms with E-state index < -0.39 is 17.0 Å². The standard InChI is InChI=1S/C21H15F4N3O2S/c1-12-19(29)28(14-5-7-15(8-6-14)31-21(23,24)25)20(30)27(12)11-13-9-10-26-17-4-2-3-16(22)18(13)17/h2-10,29H,11H2,1H3. The molecule has 2 aromatic carbocycles. The lowest BCUT2D eigenvalue weighted by Gasteiger charge is -2.08. The van der Waals surface area contributed by atoms with Gasteiger partial charge in [-0.1, -0.05) is 6.07 Å². The smallest absolute Gasteiger partial charge is 0.446 e. The predicted octanol–water partition coefficient (Wildman–Crippen LogP) is 5.00. The number of aromatic hydroxyl groups is 1. The maximum atomic E-state index is 14.4. The van der Waals surface area contributed by atoms with Gasteiger partial charge in [-0.3, -0.25) is 9.55 Å². The first-order valence-electron chi connectivity index (χ1n) is 9.05. The van der Waals surface area contributed by atoms with Gasteiger partial charge in [0.15, 0.2) is 0 Å². The van der Waals surface area contributed by atoms with Crippen LogP contribution in [0.3, 0.4) is 0 Å². The van der Waals surface area contributed by atoms with Crippen molar-refractivity contribution >= 4 is 22.7 Å². The highest BCUT2D eigenvalue weighted by molar-refractivity contribution is 8.00. The Kier molecular flexibility index (Phi) is 5.26. The van der Waals surface area contributed by atoms with Crippen molar-refractivity contribution in [3.63, 3.8) is 0 Å². The molecule has 4 rings (SSSR count). The number of alkyl halides is 3. The van der Waals surface area contributed by atoms with E-state index >= 15 is 0 Å². The predicted molar refractivity (Wildman–Crippen MR) is 109 cm³/mol. The Bertz CT molecular complexity index is 1320. The van der Waals surface area contributed by atoms with Gasteiger partial charge in [0.1, 0.15) is 5.82 Å². The third-order valence-electron chi connectivity index (χ3n) is 4.82. The summed E-state index contributed by atoms with van der Waals surface area (Å²) in [6.45, 7) is 1.51. The number of benzene rings is 2. The Balaban J connectivity index is 1.75. The molecule has 2 heterocycles. The van der Waals surface area contributed by atoms with E-state index in [4.69, 9.17) is 0 Å². The van der Waals surface area contributed by atoms with Crippen LogP contribution in [0.25, 0.3) is 16.6 Å². The van der Waals surface area contributed by atoms with Crippen LogP contribution in [0.2, 0.25) is 0 Å². The van der Waals surface area contributed by atoms with Crippen molar-refractivity contribution in [2.45, 2.75) is 23.9 Å². The second-order valence-electron chi connectivity index (χ2n) is 6.76. The van der Waals surface area contributed by atoms with Crippen LogP contribution in [0.1, 0.15) is 11.3 Å². The highest BCUT2D eigenvalue weighted by Crippen LogP contribution is 2.37. The number of pyridine rings is 1. The fourth-order valence-corrected chi connectivity index (χ4v) is 3.92. The summed E-state index contributed by atoms with van der Waals surface area (Å²) in [6.07, 6.45) is 1.51. The summed E-state index contributed by atoms with van der Waals surface area (Å²) >= 11 is -0.271. The fraction of sp³-hybridized carbons (Fsp3) is 0.143. The Morgan fingerprint density at radius 3 is 2.48 bits per heavy atom. The van der Waals surface area contributed by atoms with Gasteiger partial charge in [-0.25, -0.2) is 13.8 Å². The molecule has 0 radical (unpaired) electrons. The third kappa shape index (κ3) is 4.02. The zero-order chi connectivity index (χ0) is 22.3. The van der Waals surface area contributed by atoms with Gasteiger partial charge in [-0.15, -0.1) is 0 Å². The van der Waals surface area contributed by atoms with Crippen LogP contribution in [0.5, 0.6) is 5.88 Å². The molecule has 0 saturated heterocycles. The number of hydrogen-bond acceptors (Lipinski definition) is 4. The number of imidazole rings is 1. The van der Waals surface area contributed by atoms with Gasteiger partial charge in [0.25, 0.3) is 0 Å². The van der Waals surface area contributed by atoms with E-state index in [2.05, 4.69) is 4.98 Å². The second-order valence-corrected chi connectivity index (χ2v) is 7.90. The summed E-state index contributed by atoms with van der Waals surface area (Å²) in [6, 6.07) is 11.2. The van der Waals surface area contributed by atoms with E-state index in [1.165, 1.54) is 54.1 Å². The summed E-state index contributed by atoms with van der Waals surface area (Å²) in [5.41, 5.74) is -3.65. The largest absolute Gasteiger partial charge is 0.493 e. The molecule has 160 valence electrons. The molecule has 5 nitrogen and oxygen atoms in total. The van der Waals surface area contributed by atoms with Gasteiger partial charge in [0.05, 0.1) is 23.4 Å². The van der Waals surface area contributed by atoms with Crippen molar-refractivity contribution in [2.24, 2.45) is 0 Å². The number of thioether (sulfide) groups is 1. The highest BCUT2D eigenvalue weighted by Gasteiger charge is 2.29.